The molecule has 6 nitrogen and oxygen atoms in total. The van der Waals surface area contributed by atoms with Gasteiger partial charge in [0.2, 0.25) is 10.0 Å². The first-order chi connectivity index (χ1) is 13.2. The first-order valence-corrected chi connectivity index (χ1v) is 9.79. The number of sulfonamides is 1. The fourth-order valence-corrected chi connectivity index (χ4v) is 4.02. The van der Waals surface area contributed by atoms with Gasteiger partial charge in [-0.2, -0.15) is 18.3 Å². The van der Waals surface area contributed by atoms with Crippen LogP contribution in [0.5, 0.6) is 0 Å². The molecular weight excluding hydrogens is 417 g/mol. The van der Waals surface area contributed by atoms with Crippen molar-refractivity contribution >= 4 is 21.6 Å². The molecule has 1 atom stereocenters. The number of rotatable bonds is 6. The number of aromatic nitrogens is 3. The molecule has 0 aliphatic heterocycles. The topological polar surface area (TPSA) is 76.9 Å². The van der Waals surface area contributed by atoms with Gasteiger partial charge in [0, 0.05) is 0 Å². The van der Waals surface area contributed by atoms with E-state index in [2.05, 4.69) is 14.8 Å². The average Bonchev–Trinajstić information content (AvgIpc) is 3.14. The average molecular weight is 431 g/mol. The van der Waals surface area contributed by atoms with Gasteiger partial charge in [0.1, 0.15) is 12.7 Å². The largest absolute Gasteiger partial charge is 0.417 e. The molecule has 0 amide bonds. The number of hydrogen-bond donors (Lipinski definition) is 1. The van der Waals surface area contributed by atoms with E-state index in [1.54, 1.807) is 30.3 Å². The van der Waals surface area contributed by atoms with Crippen molar-refractivity contribution in [2.75, 3.05) is 0 Å². The molecule has 1 N–H and O–H groups in total. The van der Waals surface area contributed by atoms with E-state index in [9.17, 15) is 21.6 Å². The van der Waals surface area contributed by atoms with E-state index in [1.807, 2.05) is 0 Å². The number of nitrogens with zero attached hydrogens (tertiary/aromatic N) is 3. The molecule has 1 aromatic heterocycles. The molecule has 0 bridgehead atoms. The van der Waals surface area contributed by atoms with Crippen LogP contribution in [0.1, 0.15) is 17.2 Å². The fraction of sp³-hybridized carbons (Fsp3) is 0.176. The molecule has 3 rings (SSSR count). The molecule has 11 heteroatoms. The van der Waals surface area contributed by atoms with Gasteiger partial charge in [0.15, 0.2) is 0 Å². The maximum atomic E-state index is 13.1. The molecule has 0 aliphatic rings. The van der Waals surface area contributed by atoms with Gasteiger partial charge >= 0.3 is 6.18 Å². The summed E-state index contributed by atoms with van der Waals surface area (Å²) in [6.07, 6.45) is -2.07. The Kier molecular flexibility index (Phi) is 5.73. The van der Waals surface area contributed by atoms with Crippen molar-refractivity contribution < 1.29 is 21.6 Å². The first-order valence-electron chi connectivity index (χ1n) is 7.93. The lowest BCUT2D eigenvalue weighted by atomic mass is 10.1. The summed E-state index contributed by atoms with van der Waals surface area (Å²) in [6.45, 7) is 0.100. The van der Waals surface area contributed by atoms with E-state index in [0.29, 0.717) is 11.6 Å². The quantitative estimate of drug-likeness (QED) is 0.647. The van der Waals surface area contributed by atoms with E-state index < -0.39 is 37.7 Å². The van der Waals surface area contributed by atoms with Crippen LogP contribution in [-0.4, -0.2) is 23.2 Å². The molecule has 1 heterocycles. The number of hydrogen-bond acceptors (Lipinski definition) is 4. The lowest BCUT2D eigenvalue weighted by Crippen LogP contribution is -2.32. The lowest BCUT2D eigenvalue weighted by molar-refractivity contribution is -0.137. The van der Waals surface area contributed by atoms with E-state index >= 15 is 0 Å². The predicted octanol–water partition coefficient (Wildman–Crippen LogP) is 3.67. The van der Waals surface area contributed by atoms with Crippen molar-refractivity contribution in [3.63, 3.8) is 0 Å². The molecule has 0 fully saturated rings. The van der Waals surface area contributed by atoms with Gasteiger partial charge < -0.3 is 0 Å². The molecule has 148 valence electrons. The fourth-order valence-electron chi connectivity index (χ4n) is 2.55. The van der Waals surface area contributed by atoms with Crippen molar-refractivity contribution in [1.82, 2.24) is 19.5 Å². The maximum Gasteiger partial charge on any atom is 0.417 e. The van der Waals surface area contributed by atoms with E-state index in [4.69, 9.17) is 11.6 Å². The first kappa shape index (κ1) is 20.3. The summed E-state index contributed by atoms with van der Waals surface area (Å²) < 4.78 is 68.6. The van der Waals surface area contributed by atoms with Gasteiger partial charge in [-0.1, -0.05) is 41.9 Å². The number of benzene rings is 2. The Morgan fingerprint density at radius 1 is 1.14 bits per heavy atom. The smallest absolute Gasteiger partial charge is 0.251 e. The van der Waals surface area contributed by atoms with E-state index in [-0.39, 0.29) is 6.54 Å². The van der Waals surface area contributed by atoms with Crippen molar-refractivity contribution in [3.05, 3.63) is 77.3 Å². The number of alkyl halides is 3. The Balaban J connectivity index is 1.95. The van der Waals surface area contributed by atoms with Crippen molar-refractivity contribution in [1.29, 1.82) is 0 Å². The molecule has 0 radical (unpaired) electrons. The second kappa shape index (κ2) is 7.90. The molecular formula is C17H14ClF3N4O2S. The highest BCUT2D eigenvalue weighted by molar-refractivity contribution is 7.89. The van der Waals surface area contributed by atoms with Crippen LogP contribution in [0.2, 0.25) is 5.02 Å². The summed E-state index contributed by atoms with van der Waals surface area (Å²) in [4.78, 5) is 3.27. The van der Waals surface area contributed by atoms with E-state index in [0.717, 1.165) is 12.1 Å². The third-order valence-corrected chi connectivity index (χ3v) is 5.69. The van der Waals surface area contributed by atoms with Crippen molar-refractivity contribution in [3.8, 4) is 0 Å². The molecule has 0 saturated heterocycles. The SMILES string of the molecule is O=S(=O)(NC(Cn1cncn1)c1ccccc1)c1ccc(Cl)c(C(F)(F)F)c1. The summed E-state index contributed by atoms with van der Waals surface area (Å²) in [6, 6.07) is 10.3. The van der Waals surface area contributed by atoms with Crippen LogP contribution in [0.25, 0.3) is 0 Å². The van der Waals surface area contributed by atoms with Crippen LogP contribution in [-0.2, 0) is 22.7 Å². The monoisotopic (exact) mass is 430 g/mol. The molecule has 3 aromatic rings. The van der Waals surface area contributed by atoms with Gasteiger partial charge in [0.25, 0.3) is 0 Å². The summed E-state index contributed by atoms with van der Waals surface area (Å²) in [5.74, 6) is 0. The minimum atomic E-state index is -4.78. The standard InChI is InChI=1S/C17H14ClF3N4O2S/c18-15-7-6-13(8-14(15)17(19,20)21)28(26,27)24-16(9-25-11-22-10-23-25)12-4-2-1-3-5-12/h1-8,10-11,16,24H,9H2. The number of halogens is 4. The van der Waals surface area contributed by atoms with Crippen LogP contribution in [0.4, 0.5) is 13.2 Å². The third-order valence-electron chi connectivity index (χ3n) is 3.89. The van der Waals surface area contributed by atoms with Crippen LogP contribution in [0, 0.1) is 0 Å². The highest BCUT2D eigenvalue weighted by atomic mass is 35.5. The summed E-state index contributed by atoms with van der Waals surface area (Å²) in [5, 5.41) is 3.37. The van der Waals surface area contributed by atoms with Crippen molar-refractivity contribution in [2.24, 2.45) is 0 Å². The van der Waals surface area contributed by atoms with E-state index in [1.165, 1.54) is 17.3 Å². The molecule has 2 aromatic carbocycles. The minimum absolute atomic E-state index is 0.100. The molecule has 0 saturated carbocycles. The van der Waals surface area contributed by atoms with Crippen molar-refractivity contribution in [2.45, 2.75) is 23.7 Å². The zero-order chi connectivity index (χ0) is 20.4. The van der Waals surface area contributed by atoms with Gasteiger partial charge in [-0.15, -0.1) is 0 Å². The summed E-state index contributed by atoms with van der Waals surface area (Å²) in [5.41, 5.74) is -0.601. The zero-order valence-corrected chi connectivity index (χ0v) is 15.7. The Bertz CT molecular complexity index is 1040. The second-order valence-corrected chi connectivity index (χ2v) is 7.96. The minimum Gasteiger partial charge on any atom is -0.251 e. The molecule has 0 aliphatic carbocycles. The highest BCUT2D eigenvalue weighted by Gasteiger charge is 2.35. The zero-order valence-electron chi connectivity index (χ0n) is 14.1. The summed E-state index contributed by atoms with van der Waals surface area (Å²) in [7, 11) is -4.28. The Morgan fingerprint density at radius 3 is 2.46 bits per heavy atom. The van der Waals surface area contributed by atoms with Gasteiger partial charge in [-0.05, 0) is 23.8 Å². The van der Waals surface area contributed by atoms with Crippen LogP contribution in [0.15, 0.2) is 66.1 Å². The molecule has 28 heavy (non-hydrogen) atoms. The molecule has 1 unspecified atom stereocenters. The Hall–Kier alpha value is -2.43. The Labute approximate surface area is 164 Å². The normalized spacial score (nSPS) is 13.4. The highest BCUT2D eigenvalue weighted by Crippen LogP contribution is 2.36. The Morgan fingerprint density at radius 2 is 1.86 bits per heavy atom. The van der Waals surface area contributed by atoms with Crippen LogP contribution in [0.3, 0.4) is 0 Å². The number of nitrogens with one attached hydrogen (secondary N) is 1. The van der Waals surface area contributed by atoms with Crippen LogP contribution < -0.4 is 4.72 Å². The third kappa shape index (κ3) is 4.70. The second-order valence-electron chi connectivity index (χ2n) is 5.84. The lowest BCUT2D eigenvalue weighted by Gasteiger charge is -2.20. The summed E-state index contributed by atoms with van der Waals surface area (Å²) >= 11 is 5.57. The van der Waals surface area contributed by atoms with Gasteiger partial charge in [-0.3, -0.25) is 4.68 Å². The molecule has 0 spiro atoms. The van der Waals surface area contributed by atoms with Gasteiger partial charge in [0.05, 0.1) is 28.1 Å². The maximum absolute atomic E-state index is 13.1. The van der Waals surface area contributed by atoms with Crippen LogP contribution >= 0.6 is 11.6 Å². The predicted molar refractivity (Wildman–Crippen MR) is 96.0 cm³/mol. The van der Waals surface area contributed by atoms with Gasteiger partial charge in [-0.25, -0.2) is 18.1 Å².